The molecule has 1 aromatic carbocycles. The van der Waals surface area contributed by atoms with Crippen molar-refractivity contribution in [1.29, 1.82) is 0 Å². The Bertz CT molecular complexity index is 736. The van der Waals surface area contributed by atoms with Crippen LogP contribution in [0.2, 0.25) is 0 Å². The Balaban J connectivity index is 1.97. The fraction of sp³-hybridized carbons (Fsp3) is 0.368. The van der Waals surface area contributed by atoms with Crippen LogP contribution in [0.4, 0.5) is 11.6 Å². The zero-order valence-corrected chi connectivity index (χ0v) is 14.8. The molecule has 1 atom stereocenters. The van der Waals surface area contributed by atoms with Crippen LogP contribution in [0.1, 0.15) is 35.0 Å². The van der Waals surface area contributed by atoms with Gasteiger partial charge in [0.25, 0.3) is 0 Å². The standard InChI is InChI=1S/C19H24N4/c1-12-9-13(2)18(14(3)10-12)22-7-8-23(17(22)6)19-20-15(4)11-16(5)21-19/h7-11,17H,1-6H3. The predicted molar refractivity (Wildman–Crippen MR) is 95.7 cm³/mol. The molecule has 1 aliphatic heterocycles. The summed E-state index contributed by atoms with van der Waals surface area (Å²) in [5, 5.41) is 0. The normalized spacial score (nSPS) is 17.2. The molecule has 4 nitrogen and oxygen atoms in total. The number of aryl methyl sites for hydroxylation is 5. The number of benzene rings is 1. The molecule has 0 N–H and O–H groups in total. The third-order valence-corrected chi connectivity index (χ3v) is 4.29. The second-order valence-electron chi connectivity index (χ2n) is 6.44. The van der Waals surface area contributed by atoms with E-state index in [0.717, 1.165) is 17.3 Å². The Morgan fingerprint density at radius 1 is 0.783 bits per heavy atom. The van der Waals surface area contributed by atoms with Crippen molar-refractivity contribution in [1.82, 2.24) is 9.97 Å². The molecule has 2 heterocycles. The van der Waals surface area contributed by atoms with E-state index in [0.29, 0.717) is 0 Å². The van der Waals surface area contributed by atoms with E-state index in [1.807, 2.05) is 19.9 Å². The van der Waals surface area contributed by atoms with Gasteiger partial charge in [-0.05, 0) is 58.7 Å². The number of anilines is 2. The first-order chi connectivity index (χ1) is 10.9. The van der Waals surface area contributed by atoms with E-state index < -0.39 is 0 Å². The van der Waals surface area contributed by atoms with Crippen molar-refractivity contribution in [3.63, 3.8) is 0 Å². The van der Waals surface area contributed by atoms with Gasteiger partial charge in [-0.15, -0.1) is 0 Å². The average molecular weight is 308 g/mol. The fourth-order valence-electron chi connectivity index (χ4n) is 3.42. The second kappa shape index (κ2) is 5.69. The van der Waals surface area contributed by atoms with Crippen LogP contribution in [0, 0.1) is 34.6 Å². The molecular weight excluding hydrogens is 284 g/mol. The molecule has 23 heavy (non-hydrogen) atoms. The third-order valence-electron chi connectivity index (χ3n) is 4.29. The van der Waals surface area contributed by atoms with Gasteiger partial charge in [0.15, 0.2) is 0 Å². The molecule has 0 bridgehead atoms. The van der Waals surface area contributed by atoms with E-state index in [2.05, 4.69) is 72.0 Å². The summed E-state index contributed by atoms with van der Waals surface area (Å²) in [6.45, 7) is 12.7. The molecule has 0 aliphatic carbocycles. The lowest BCUT2D eigenvalue weighted by molar-refractivity contribution is 0.724. The number of hydrogen-bond donors (Lipinski definition) is 0. The molecule has 1 aromatic heterocycles. The van der Waals surface area contributed by atoms with Gasteiger partial charge in [0.2, 0.25) is 5.95 Å². The van der Waals surface area contributed by atoms with Crippen molar-refractivity contribution in [3.05, 3.63) is 58.7 Å². The van der Waals surface area contributed by atoms with Gasteiger partial charge in [-0.1, -0.05) is 17.7 Å². The van der Waals surface area contributed by atoms with Gasteiger partial charge in [-0.25, -0.2) is 9.97 Å². The number of hydrogen-bond acceptors (Lipinski definition) is 4. The Morgan fingerprint density at radius 2 is 1.30 bits per heavy atom. The van der Waals surface area contributed by atoms with Gasteiger partial charge in [0, 0.05) is 29.5 Å². The monoisotopic (exact) mass is 308 g/mol. The molecule has 0 spiro atoms. The van der Waals surface area contributed by atoms with Crippen molar-refractivity contribution >= 4 is 11.6 Å². The fourth-order valence-corrected chi connectivity index (χ4v) is 3.42. The quantitative estimate of drug-likeness (QED) is 0.834. The first-order valence-corrected chi connectivity index (χ1v) is 8.02. The lowest BCUT2D eigenvalue weighted by Crippen LogP contribution is -2.37. The molecule has 0 saturated carbocycles. The van der Waals surface area contributed by atoms with Crippen LogP contribution in [-0.4, -0.2) is 16.1 Å². The maximum atomic E-state index is 4.59. The second-order valence-corrected chi connectivity index (χ2v) is 6.44. The van der Waals surface area contributed by atoms with Crippen LogP contribution in [0.25, 0.3) is 0 Å². The van der Waals surface area contributed by atoms with E-state index in [9.17, 15) is 0 Å². The summed E-state index contributed by atoms with van der Waals surface area (Å²) in [5.74, 6) is 0.760. The van der Waals surface area contributed by atoms with Crippen LogP contribution in [0.5, 0.6) is 0 Å². The first kappa shape index (κ1) is 15.5. The van der Waals surface area contributed by atoms with Gasteiger partial charge in [0.05, 0.1) is 0 Å². The summed E-state index contributed by atoms with van der Waals surface area (Å²) in [6, 6.07) is 6.47. The maximum Gasteiger partial charge on any atom is 0.231 e. The van der Waals surface area contributed by atoms with Crippen LogP contribution >= 0.6 is 0 Å². The highest BCUT2D eigenvalue weighted by Gasteiger charge is 2.28. The van der Waals surface area contributed by atoms with Gasteiger partial charge in [-0.3, -0.25) is 4.90 Å². The minimum atomic E-state index is 0.149. The van der Waals surface area contributed by atoms with Crippen molar-refractivity contribution in [2.45, 2.75) is 47.7 Å². The molecule has 120 valence electrons. The van der Waals surface area contributed by atoms with Crippen LogP contribution in [0.15, 0.2) is 30.6 Å². The van der Waals surface area contributed by atoms with E-state index >= 15 is 0 Å². The van der Waals surface area contributed by atoms with E-state index in [-0.39, 0.29) is 6.17 Å². The molecule has 1 unspecified atom stereocenters. The molecule has 0 saturated heterocycles. The van der Waals surface area contributed by atoms with Crippen molar-refractivity contribution in [2.24, 2.45) is 0 Å². The Labute approximate surface area is 138 Å². The zero-order chi connectivity index (χ0) is 16.7. The zero-order valence-electron chi connectivity index (χ0n) is 14.8. The molecule has 3 rings (SSSR count). The Morgan fingerprint density at radius 3 is 1.87 bits per heavy atom. The largest absolute Gasteiger partial charge is 0.325 e. The summed E-state index contributed by atoms with van der Waals surface area (Å²) in [7, 11) is 0. The van der Waals surface area contributed by atoms with Crippen molar-refractivity contribution in [2.75, 3.05) is 9.80 Å². The van der Waals surface area contributed by atoms with Crippen LogP contribution in [-0.2, 0) is 0 Å². The molecule has 0 amide bonds. The minimum Gasteiger partial charge on any atom is -0.325 e. The molecule has 1 aliphatic rings. The van der Waals surface area contributed by atoms with Crippen LogP contribution < -0.4 is 9.80 Å². The van der Waals surface area contributed by atoms with E-state index in [1.165, 1.54) is 22.4 Å². The lowest BCUT2D eigenvalue weighted by atomic mass is 10.0. The third kappa shape index (κ3) is 2.81. The molecule has 2 aromatic rings. The van der Waals surface area contributed by atoms with E-state index in [1.54, 1.807) is 0 Å². The summed E-state index contributed by atoms with van der Waals surface area (Å²) < 4.78 is 0. The predicted octanol–water partition coefficient (Wildman–Crippen LogP) is 4.16. The van der Waals surface area contributed by atoms with Crippen LogP contribution in [0.3, 0.4) is 0 Å². The van der Waals surface area contributed by atoms with Crippen molar-refractivity contribution in [3.8, 4) is 0 Å². The van der Waals surface area contributed by atoms with Gasteiger partial charge in [0.1, 0.15) is 6.17 Å². The molecule has 0 fully saturated rings. The van der Waals surface area contributed by atoms with Gasteiger partial charge < -0.3 is 4.90 Å². The minimum absolute atomic E-state index is 0.149. The van der Waals surface area contributed by atoms with Gasteiger partial charge in [-0.2, -0.15) is 0 Å². The highest BCUT2D eigenvalue weighted by Crippen LogP contribution is 2.33. The summed E-state index contributed by atoms with van der Waals surface area (Å²) in [5.41, 5.74) is 7.15. The Kier molecular flexibility index (Phi) is 3.84. The first-order valence-electron chi connectivity index (χ1n) is 8.02. The smallest absolute Gasteiger partial charge is 0.231 e. The Hall–Kier alpha value is -2.36. The summed E-state index contributed by atoms with van der Waals surface area (Å²) >= 11 is 0. The van der Waals surface area contributed by atoms with E-state index in [4.69, 9.17) is 0 Å². The SMILES string of the molecule is Cc1cc(C)c(N2C=CN(c3nc(C)cc(C)n3)C2C)c(C)c1. The molecule has 4 heteroatoms. The molecular formula is C19H24N4. The highest BCUT2D eigenvalue weighted by atomic mass is 15.4. The number of aromatic nitrogens is 2. The number of rotatable bonds is 2. The number of nitrogens with zero attached hydrogens (tertiary/aromatic N) is 4. The topological polar surface area (TPSA) is 32.3 Å². The lowest BCUT2D eigenvalue weighted by Gasteiger charge is -2.31. The maximum absolute atomic E-state index is 4.59. The molecule has 0 radical (unpaired) electrons. The van der Waals surface area contributed by atoms with Gasteiger partial charge >= 0.3 is 0 Å². The average Bonchev–Trinajstić information content (AvgIpc) is 2.78. The highest BCUT2D eigenvalue weighted by molar-refractivity contribution is 5.66. The summed E-state index contributed by atoms with van der Waals surface area (Å²) in [4.78, 5) is 13.6. The van der Waals surface area contributed by atoms with Crippen molar-refractivity contribution < 1.29 is 0 Å². The summed E-state index contributed by atoms with van der Waals surface area (Å²) in [6.07, 6.45) is 4.34.